The van der Waals surface area contributed by atoms with E-state index in [1.807, 2.05) is 0 Å². The van der Waals surface area contributed by atoms with Gasteiger partial charge in [-0.3, -0.25) is 0 Å². The van der Waals surface area contributed by atoms with Gasteiger partial charge in [0.05, 0.1) is 0 Å². The molecule has 2 aliphatic rings. The fraction of sp³-hybridized carbons (Fsp3) is 0.271. The predicted molar refractivity (Wildman–Crippen MR) is 378 cm³/mol. The highest BCUT2D eigenvalue weighted by Crippen LogP contribution is 2.54. The van der Waals surface area contributed by atoms with Crippen molar-refractivity contribution in [3.63, 3.8) is 0 Å². The van der Waals surface area contributed by atoms with Gasteiger partial charge >= 0.3 is 0 Å². The minimum atomic E-state index is 0.0888. The van der Waals surface area contributed by atoms with Crippen LogP contribution in [0.15, 0.2) is 218 Å². The van der Waals surface area contributed by atoms with Gasteiger partial charge in [-0.15, -0.1) is 0 Å². The van der Waals surface area contributed by atoms with E-state index in [1.165, 1.54) is 166 Å². The van der Waals surface area contributed by atoms with Crippen LogP contribution in [0.2, 0.25) is 0 Å². The van der Waals surface area contributed by atoms with Crippen LogP contribution in [0.5, 0.6) is 0 Å². The van der Waals surface area contributed by atoms with E-state index in [4.69, 9.17) is 0 Å². The van der Waals surface area contributed by atoms with Gasteiger partial charge in [-0.2, -0.15) is 0 Å². The molecule has 440 valence electrons. The third kappa shape index (κ3) is 12.3. The summed E-state index contributed by atoms with van der Waals surface area (Å²) in [6.07, 6.45) is 10.7. The second-order valence-electron chi connectivity index (χ2n) is 26.0. The van der Waals surface area contributed by atoms with Gasteiger partial charge in [0.25, 0.3) is 0 Å². The zero-order valence-electron chi connectivity index (χ0n) is 54.0. The number of rotatable bonds is 15. The summed E-state index contributed by atoms with van der Waals surface area (Å²) < 4.78 is 0. The van der Waals surface area contributed by atoms with E-state index < -0.39 is 0 Å². The van der Waals surface area contributed by atoms with Crippen LogP contribution < -0.4 is 9.80 Å². The maximum absolute atomic E-state index is 2.40. The van der Waals surface area contributed by atoms with E-state index in [1.54, 1.807) is 0 Å². The lowest BCUT2D eigenvalue weighted by atomic mass is 9.81. The molecule has 0 heterocycles. The summed E-state index contributed by atoms with van der Waals surface area (Å²) in [5.74, 6) is 0. The highest BCUT2D eigenvalue weighted by atomic mass is 15.2. The lowest BCUT2D eigenvalue weighted by Crippen LogP contribution is -2.15. The highest BCUT2D eigenvalue weighted by molar-refractivity contribution is 6.05. The number of unbranched alkanes of at least 4 members (excludes halogenated alkanes) is 3. The van der Waals surface area contributed by atoms with Gasteiger partial charge in [0.2, 0.25) is 0 Å². The third-order valence-electron chi connectivity index (χ3n) is 18.8. The molecule has 13 rings (SSSR count). The molecule has 2 nitrogen and oxygen atoms in total. The number of anilines is 6. The minimum Gasteiger partial charge on any atom is -0.311 e. The number of aryl methyl sites for hydroxylation is 8. The molecule has 0 spiro atoms. The Bertz CT molecular complexity index is 3980. The molecule has 87 heavy (non-hydrogen) atoms. The van der Waals surface area contributed by atoms with Gasteiger partial charge < -0.3 is 9.80 Å². The van der Waals surface area contributed by atoms with Gasteiger partial charge in [-0.1, -0.05) is 230 Å². The first-order chi connectivity index (χ1) is 42.1. The van der Waals surface area contributed by atoms with E-state index >= 15 is 0 Å². The summed E-state index contributed by atoms with van der Waals surface area (Å²) in [6, 6.07) is 81.5. The fourth-order valence-corrected chi connectivity index (χ4v) is 13.7. The Labute approximate surface area is 521 Å². The Balaban J connectivity index is 0.000000153. The molecule has 0 radical (unpaired) electrons. The van der Waals surface area contributed by atoms with Crippen molar-refractivity contribution >= 4 is 55.7 Å². The molecule has 0 aliphatic heterocycles. The standard InChI is InChI=1S/C43H50N2.2C21H20/c1-5-8-11-35-16-24-39(25-17-35)44(38-22-14-34(4)15-23-38)42-30-32-43(33-31-42)45(40-26-18-36(19-27-40)12-9-6-2)41-28-20-37(21-29-41)13-10-7-3;2*1-13-9-10-17-18(11-13)21(3,4)19-12-14(2)15-7-5-6-8-16(15)20(17)19/h14-33H,5-13H2,1-4H3;2*5-12H,1-4H3. The van der Waals surface area contributed by atoms with Crippen molar-refractivity contribution in [2.75, 3.05) is 9.80 Å². The Morgan fingerprint density at radius 1 is 0.287 bits per heavy atom. The van der Waals surface area contributed by atoms with Gasteiger partial charge in [-0.25, -0.2) is 0 Å². The minimum absolute atomic E-state index is 0.0888. The zero-order valence-corrected chi connectivity index (χ0v) is 54.0. The smallest absolute Gasteiger partial charge is 0.0463 e. The first kappa shape index (κ1) is 60.2. The van der Waals surface area contributed by atoms with Gasteiger partial charge in [0.15, 0.2) is 0 Å². The average Bonchev–Trinajstić information content (AvgIpc) is 1.65. The van der Waals surface area contributed by atoms with Crippen LogP contribution in [0.4, 0.5) is 34.1 Å². The van der Waals surface area contributed by atoms with E-state index in [2.05, 4.69) is 311 Å². The average molecular weight is 1140 g/mol. The van der Waals surface area contributed by atoms with Crippen molar-refractivity contribution in [2.45, 2.75) is 152 Å². The summed E-state index contributed by atoms with van der Waals surface area (Å²) >= 11 is 0. The summed E-state index contributed by atoms with van der Waals surface area (Å²) in [6.45, 7) is 27.1. The maximum atomic E-state index is 2.40. The molecule has 11 aromatic carbocycles. The molecule has 0 unspecified atom stereocenters. The van der Waals surface area contributed by atoms with E-state index in [9.17, 15) is 0 Å². The molecule has 2 heteroatoms. The first-order valence-electron chi connectivity index (χ1n) is 32.4. The Kier molecular flexibility index (Phi) is 17.9. The maximum Gasteiger partial charge on any atom is 0.0463 e. The van der Waals surface area contributed by atoms with Crippen LogP contribution in [-0.4, -0.2) is 0 Å². The number of hydrogen-bond acceptors (Lipinski definition) is 2. The van der Waals surface area contributed by atoms with E-state index in [0.717, 1.165) is 36.3 Å². The summed E-state index contributed by atoms with van der Waals surface area (Å²) in [5.41, 5.74) is 29.7. The Morgan fingerprint density at radius 3 is 0.874 bits per heavy atom. The lowest BCUT2D eigenvalue weighted by Gasteiger charge is -2.28. The number of hydrogen-bond donors (Lipinski definition) is 0. The SMILES string of the molecule is CCCCc1ccc(N(c2ccc(C)cc2)c2ccc(N(c3ccc(CCCC)cc3)c3ccc(CCCC)cc3)cc2)cc1.Cc1ccc2c(c1)C(C)(C)c1cc(C)c3ccccc3c1-2.Cc1ccc2c(c1)C(C)(C)c1cc(C)c3ccccc3c1-2. The number of fused-ring (bicyclic) bond motifs is 10. The van der Waals surface area contributed by atoms with Gasteiger partial charge in [0, 0.05) is 45.0 Å². The molecular formula is C85H90N2. The molecule has 2 aliphatic carbocycles. The van der Waals surface area contributed by atoms with Crippen molar-refractivity contribution < 1.29 is 0 Å². The van der Waals surface area contributed by atoms with E-state index in [-0.39, 0.29) is 10.8 Å². The molecule has 0 N–H and O–H groups in total. The van der Waals surface area contributed by atoms with Crippen molar-refractivity contribution in [1.29, 1.82) is 0 Å². The molecule has 0 bridgehead atoms. The second kappa shape index (κ2) is 25.9. The van der Waals surface area contributed by atoms with Crippen molar-refractivity contribution in [1.82, 2.24) is 0 Å². The van der Waals surface area contributed by atoms with Crippen LogP contribution in [-0.2, 0) is 30.1 Å². The molecular weight excluding hydrogens is 1050 g/mol. The Hall–Kier alpha value is -8.46. The normalized spacial score (nSPS) is 13.0. The van der Waals surface area contributed by atoms with Crippen LogP contribution in [0.3, 0.4) is 0 Å². The van der Waals surface area contributed by atoms with Gasteiger partial charge in [0.1, 0.15) is 0 Å². The second-order valence-corrected chi connectivity index (χ2v) is 26.0. The third-order valence-corrected chi connectivity index (χ3v) is 18.8. The Morgan fingerprint density at radius 2 is 0.563 bits per heavy atom. The summed E-state index contributed by atoms with van der Waals surface area (Å²) in [5, 5.41) is 5.53. The molecule has 0 fully saturated rings. The van der Waals surface area contributed by atoms with Crippen LogP contribution in [0, 0.1) is 34.6 Å². The van der Waals surface area contributed by atoms with Crippen molar-refractivity contribution in [3.05, 3.63) is 285 Å². The number of benzene rings is 11. The predicted octanol–water partition coefficient (Wildman–Crippen LogP) is 24.5. The lowest BCUT2D eigenvalue weighted by molar-refractivity contribution is 0.659. The molecule has 11 aromatic rings. The largest absolute Gasteiger partial charge is 0.311 e. The van der Waals surface area contributed by atoms with Crippen LogP contribution >= 0.6 is 0 Å². The zero-order chi connectivity index (χ0) is 61.0. The van der Waals surface area contributed by atoms with Crippen molar-refractivity contribution in [3.8, 4) is 22.3 Å². The molecule has 0 atom stereocenters. The fourth-order valence-electron chi connectivity index (χ4n) is 13.7. The van der Waals surface area contributed by atoms with Crippen LogP contribution in [0.1, 0.15) is 154 Å². The molecule has 0 aromatic heterocycles. The van der Waals surface area contributed by atoms with Gasteiger partial charge in [-0.05, 0) is 240 Å². The monoisotopic (exact) mass is 1140 g/mol. The quantitative estimate of drug-likeness (QED) is 0.101. The molecule has 0 amide bonds. The number of nitrogens with zero attached hydrogens (tertiary/aromatic N) is 2. The summed E-state index contributed by atoms with van der Waals surface area (Å²) in [4.78, 5) is 4.75. The topological polar surface area (TPSA) is 6.48 Å². The first-order valence-corrected chi connectivity index (χ1v) is 32.4. The molecule has 0 saturated heterocycles. The summed E-state index contributed by atoms with van der Waals surface area (Å²) in [7, 11) is 0. The van der Waals surface area contributed by atoms with E-state index in [0.29, 0.717) is 0 Å². The molecule has 0 saturated carbocycles. The van der Waals surface area contributed by atoms with Crippen LogP contribution in [0.25, 0.3) is 43.8 Å². The van der Waals surface area contributed by atoms with Crippen molar-refractivity contribution in [2.24, 2.45) is 0 Å². The highest BCUT2D eigenvalue weighted by Gasteiger charge is 2.38.